The van der Waals surface area contributed by atoms with Gasteiger partial charge in [0, 0.05) is 18.2 Å². The standard InChI is InChI=1S/C19H31N/c1-6-7-8-9-14(2)17-13-20-18-11-10-15(12-16(17)18)19(3,4)5/h10-12,14,17,20H,6-9,13H2,1-5H3. The molecule has 1 heteroatoms. The van der Waals surface area contributed by atoms with Crippen LogP contribution in [-0.2, 0) is 5.41 Å². The molecular formula is C19H31N. The zero-order valence-corrected chi connectivity index (χ0v) is 13.9. The van der Waals surface area contributed by atoms with Gasteiger partial charge in [-0.25, -0.2) is 0 Å². The van der Waals surface area contributed by atoms with Crippen LogP contribution in [0.25, 0.3) is 0 Å². The molecule has 1 heterocycles. The summed E-state index contributed by atoms with van der Waals surface area (Å²) in [6.07, 6.45) is 5.43. The molecule has 1 aliphatic rings. The molecule has 0 saturated heterocycles. The number of benzene rings is 1. The predicted molar refractivity (Wildman–Crippen MR) is 89.7 cm³/mol. The Hall–Kier alpha value is -0.980. The Morgan fingerprint density at radius 1 is 1.25 bits per heavy atom. The molecule has 0 spiro atoms. The van der Waals surface area contributed by atoms with Crippen LogP contribution in [0.3, 0.4) is 0 Å². The predicted octanol–water partition coefficient (Wildman–Crippen LogP) is 5.71. The minimum atomic E-state index is 0.244. The Morgan fingerprint density at radius 2 is 2.00 bits per heavy atom. The van der Waals surface area contributed by atoms with Gasteiger partial charge in [-0.2, -0.15) is 0 Å². The van der Waals surface area contributed by atoms with Crippen molar-refractivity contribution in [2.75, 3.05) is 11.9 Å². The van der Waals surface area contributed by atoms with Gasteiger partial charge in [0.2, 0.25) is 0 Å². The van der Waals surface area contributed by atoms with Gasteiger partial charge in [-0.15, -0.1) is 0 Å². The van der Waals surface area contributed by atoms with E-state index >= 15 is 0 Å². The fourth-order valence-corrected chi connectivity index (χ4v) is 3.25. The normalized spacial score (nSPS) is 19.6. The Balaban J connectivity index is 2.14. The van der Waals surface area contributed by atoms with E-state index in [2.05, 4.69) is 58.1 Å². The number of hydrogen-bond acceptors (Lipinski definition) is 1. The third kappa shape index (κ3) is 3.37. The molecule has 2 rings (SSSR count). The lowest BCUT2D eigenvalue weighted by Crippen LogP contribution is -2.14. The summed E-state index contributed by atoms with van der Waals surface area (Å²) >= 11 is 0. The number of nitrogens with one attached hydrogen (secondary N) is 1. The van der Waals surface area contributed by atoms with Crippen LogP contribution in [0.1, 0.15) is 77.3 Å². The molecule has 1 aliphatic heterocycles. The van der Waals surface area contributed by atoms with Crippen LogP contribution in [0, 0.1) is 5.92 Å². The highest BCUT2D eigenvalue weighted by Crippen LogP contribution is 2.40. The van der Waals surface area contributed by atoms with Crippen LogP contribution in [0.2, 0.25) is 0 Å². The maximum absolute atomic E-state index is 3.60. The fourth-order valence-electron chi connectivity index (χ4n) is 3.25. The van der Waals surface area contributed by atoms with Crippen LogP contribution in [0.4, 0.5) is 5.69 Å². The van der Waals surface area contributed by atoms with E-state index in [1.165, 1.54) is 36.9 Å². The molecule has 0 aliphatic carbocycles. The van der Waals surface area contributed by atoms with Gasteiger partial charge >= 0.3 is 0 Å². The second-order valence-electron chi connectivity index (χ2n) is 7.51. The van der Waals surface area contributed by atoms with Crippen molar-refractivity contribution >= 4 is 5.69 Å². The van der Waals surface area contributed by atoms with Crippen LogP contribution in [-0.4, -0.2) is 6.54 Å². The maximum atomic E-state index is 3.60. The van der Waals surface area contributed by atoms with E-state index < -0.39 is 0 Å². The molecule has 2 atom stereocenters. The number of unbranched alkanes of at least 4 members (excludes halogenated alkanes) is 2. The summed E-state index contributed by atoms with van der Waals surface area (Å²) in [5.74, 6) is 1.48. The van der Waals surface area contributed by atoms with Crippen molar-refractivity contribution in [3.8, 4) is 0 Å². The molecule has 2 unspecified atom stereocenters. The van der Waals surface area contributed by atoms with E-state index in [-0.39, 0.29) is 5.41 Å². The fraction of sp³-hybridized carbons (Fsp3) is 0.684. The summed E-state index contributed by atoms with van der Waals surface area (Å²) in [7, 11) is 0. The van der Waals surface area contributed by atoms with Gasteiger partial charge in [0.1, 0.15) is 0 Å². The summed E-state index contributed by atoms with van der Waals surface area (Å²) in [4.78, 5) is 0. The number of anilines is 1. The lowest BCUT2D eigenvalue weighted by molar-refractivity contribution is 0.430. The van der Waals surface area contributed by atoms with Crippen LogP contribution >= 0.6 is 0 Å². The Labute approximate surface area is 125 Å². The Kier molecular flexibility index (Phi) is 4.78. The van der Waals surface area contributed by atoms with Gasteiger partial charge in [-0.05, 0) is 28.5 Å². The van der Waals surface area contributed by atoms with E-state index in [0.29, 0.717) is 5.92 Å². The molecule has 0 aromatic heterocycles. The van der Waals surface area contributed by atoms with Crippen molar-refractivity contribution in [1.29, 1.82) is 0 Å². The minimum Gasteiger partial charge on any atom is -0.384 e. The summed E-state index contributed by atoms with van der Waals surface area (Å²) in [6.45, 7) is 12.7. The zero-order chi connectivity index (χ0) is 14.8. The SMILES string of the molecule is CCCCCC(C)C1CNc2ccc(C(C)(C)C)cc21. The van der Waals surface area contributed by atoms with E-state index in [1.54, 1.807) is 5.56 Å². The van der Waals surface area contributed by atoms with Crippen LogP contribution < -0.4 is 5.32 Å². The summed E-state index contributed by atoms with van der Waals surface area (Å²) in [6, 6.07) is 7.03. The van der Waals surface area contributed by atoms with Gasteiger partial charge in [0.15, 0.2) is 0 Å². The third-order valence-electron chi connectivity index (χ3n) is 4.78. The highest BCUT2D eigenvalue weighted by molar-refractivity contribution is 5.59. The average molecular weight is 273 g/mol. The van der Waals surface area contributed by atoms with Crippen molar-refractivity contribution in [3.63, 3.8) is 0 Å². The molecule has 20 heavy (non-hydrogen) atoms. The Morgan fingerprint density at radius 3 is 2.65 bits per heavy atom. The first kappa shape index (κ1) is 15.4. The average Bonchev–Trinajstić information content (AvgIpc) is 2.80. The number of fused-ring (bicyclic) bond motifs is 1. The number of hydrogen-bond donors (Lipinski definition) is 1. The largest absolute Gasteiger partial charge is 0.384 e. The smallest absolute Gasteiger partial charge is 0.0376 e. The van der Waals surface area contributed by atoms with Crippen molar-refractivity contribution in [1.82, 2.24) is 0 Å². The molecular weight excluding hydrogens is 242 g/mol. The van der Waals surface area contributed by atoms with E-state index in [4.69, 9.17) is 0 Å². The molecule has 0 saturated carbocycles. The second-order valence-corrected chi connectivity index (χ2v) is 7.51. The van der Waals surface area contributed by atoms with Gasteiger partial charge in [0.25, 0.3) is 0 Å². The molecule has 0 fully saturated rings. The molecule has 1 aromatic carbocycles. The van der Waals surface area contributed by atoms with Crippen LogP contribution in [0.5, 0.6) is 0 Å². The first-order valence-corrected chi connectivity index (χ1v) is 8.31. The van der Waals surface area contributed by atoms with Gasteiger partial charge in [0.05, 0.1) is 0 Å². The molecule has 0 bridgehead atoms. The van der Waals surface area contributed by atoms with Crippen molar-refractivity contribution < 1.29 is 0 Å². The van der Waals surface area contributed by atoms with Crippen molar-refractivity contribution in [2.24, 2.45) is 5.92 Å². The minimum absolute atomic E-state index is 0.244. The molecule has 0 amide bonds. The lowest BCUT2D eigenvalue weighted by atomic mass is 9.81. The summed E-state index contributed by atoms with van der Waals surface area (Å²) < 4.78 is 0. The monoisotopic (exact) mass is 273 g/mol. The summed E-state index contributed by atoms with van der Waals surface area (Å²) in [5, 5.41) is 3.60. The van der Waals surface area contributed by atoms with Gasteiger partial charge in [-0.1, -0.05) is 72.4 Å². The van der Waals surface area contributed by atoms with Crippen molar-refractivity contribution in [3.05, 3.63) is 29.3 Å². The molecule has 1 N–H and O–H groups in total. The first-order chi connectivity index (χ1) is 9.43. The van der Waals surface area contributed by atoms with E-state index in [1.807, 2.05) is 0 Å². The molecule has 1 nitrogen and oxygen atoms in total. The van der Waals surface area contributed by atoms with E-state index in [0.717, 1.165) is 12.5 Å². The summed E-state index contributed by atoms with van der Waals surface area (Å²) in [5.41, 5.74) is 4.63. The lowest BCUT2D eigenvalue weighted by Gasteiger charge is -2.23. The van der Waals surface area contributed by atoms with Crippen molar-refractivity contribution in [2.45, 2.75) is 71.6 Å². The second kappa shape index (κ2) is 6.20. The maximum Gasteiger partial charge on any atom is 0.0376 e. The Bertz CT molecular complexity index is 442. The molecule has 0 radical (unpaired) electrons. The molecule has 112 valence electrons. The van der Waals surface area contributed by atoms with Gasteiger partial charge in [-0.3, -0.25) is 0 Å². The van der Waals surface area contributed by atoms with Crippen LogP contribution in [0.15, 0.2) is 18.2 Å². The third-order valence-corrected chi connectivity index (χ3v) is 4.78. The zero-order valence-electron chi connectivity index (χ0n) is 13.9. The number of rotatable bonds is 5. The first-order valence-electron chi connectivity index (χ1n) is 8.31. The van der Waals surface area contributed by atoms with E-state index in [9.17, 15) is 0 Å². The quantitative estimate of drug-likeness (QED) is 0.678. The molecule has 1 aromatic rings. The topological polar surface area (TPSA) is 12.0 Å². The highest BCUT2D eigenvalue weighted by Gasteiger charge is 2.28. The van der Waals surface area contributed by atoms with Gasteiger partial charge < -0.3 is 5.32 Å². The highest BCUT2D eigenvalue weighted by atomic mass is 14.9.